The molecule has 0 saturated carbocycles. The van der Waals surface area contributed by atoms with Crippen molar-refractivity contribution in [3.05, 3.63) is 47.8 Å². The highest BCUT2D eigenvalue weighted by atomic mass is 16.5. The number of rotatable bonds is 4. The number of amides is 1. The molecule has 0 bridgehead atoms. The lowest BCUT2D eigenvalue weighted by atomic mass is 10.00. The van der Waals surface area contributed by atoms with Crippen molar-refractivity contribution in [2.45, 2.75) is 18.9 Å². The molecule has 0 radical (unpaired) electrons. The van der Waals surface area contributed by atoms with E-state index in [0.29, 0.717) is 18.7 Å². The number of likely N-dealkylation sites (tertiary alicyclic amines) is 1. The van der Waals surface area contributed by atoms with Crippen LogP contribution in [0.2, 0.25) is 0 Å². The summed E-state index contributed by atoms with van der Waals surface area (Å²) < 4.78 is 5.13. The van der Waals surface area contributed by atoms with Crippen molar-refractivity contribution < 1.29 is 14.6 Å². The van der Waals surface area contributed by atoms with Crippen molar-refractivity contribution in [2.24, 2.45) is 0 Å². The van der Waals surface area contributed by atoms with E-state index in [9.17, 15) is 9.90 Å². The first-order valence-electron chi connectivity index (χ1n) is 7.72. The van der Waals surface area contributed by atoms with Crippen LogP contribution in [0, 0.1) is 0 Å². The number of methoxy groups -OCH3 is 1. The molecule has 1 aromatic carbocycles. The van der Waals surface area contributed by atoms with E-state index in [4.69, 9.17) is 4.74 Å². The molecular formula is C17H20N4O3. The Kier molecular flexibility index (Phi) is 4.35. The molecule has 2 heterocycles. The zero-order valence-corrected chi connectivity index (χ0v) is 13.7. The van der Waals surface area contributed by atoms with Gasteiger partial charge in [-0.1, -0.05) is 12.1 Å². The van der Waals surface area contributed by atoms with E-state index in [-0.39, 0.29) is 12.5 Å². The van der Waals surface area contributed by atoms with Gasteiger partial charge in [0, 0.05) is 19.0 Å². The SMILES string of the molecule is COc1ccc(/C(C)=C/C(=O)N2CCC(O)(c3cn[nH]n3)C2)cc1. The van der Waals surface area contributed by atoms with E-state index >= 15 is 0 Å². The Bertz CT molecular complexity index is 740. The average molecular weight is 328 g/mol. The summed E-state index contributed by atoms with van der Waals surface area (Å²) in [6, 6.07) is 7.54. The number of aromatic nitrogens is 3. The molecule has 1 aromatic heterocycles. The largest absolute Gasteiger partial charge is 0.497 e. The standard InChI is InChI=1S/C17H20N4O3/c1-12(13-3-5-14(24-2)6-4-13)9-16(22)21-8-7-17(23,11-21)15-10-18-20-19-15/h3-6,9-10,23H,7-8,11H2,1-2H3,(H,18,19,20)/b12-9+. The van der Waals surface area contributed by atoms with Gasteiger partial charge in [-0.15, -0.1) is 0 Å². The summed E-state index contributed by atoms with van der Waals surface area (Å²) in [5, 5.41) is 20.8. The van der Waals surface area contributed by atoms with E-state index in [1.54, 1.807) is 18.1 Å². The van der Waals surface area contributed by atoms with E-state index in [1.807, 2.05) is 31.2 Å². The lowest BCUT2D eigenvalue weighted by Gasteiger charge is -2.20. The van der Waals surface area contributed by atoms with Gasteiger partial charge in [-0.2, -0.15) is 15.4 Å². The number of benzene rings is 1. The summed E-state index contributed by atoms with van der Waals surface area (Å²) in [6.07, 6.45) is 3.53. The van der Waals surface area contributed by atoms with Crippen molar-refractivity contribution in [1.82, 2.24) is 20.3 Å². The molecule has 126 valence electrons. The number of allylic oxidation sites excluding steroid dienone is 1. The summed E-state index contributed by atoms with van der Waals surface area (Å²) in [6.45, 7) is 2.58. The van der Waals surface area contributed by atoms with Gasteiger partial charge in [0.1, 0.15) is 17.0 Å². The highest BCUT2D eigenvalue weighted by Crippen LogP contribution is 2.30. The maximum Gasteiger partial charge on any atom is 0.246 e. The first kappa shape index (κ1) is 16.2. The fraction of sp³-hybridized carbons (Fsp3) is 0.353. The third kappa shape index (κ3) is 3.16. The van der Waals surface area contributed by atoms with Crippen molar-refractivity contribution >= 4 is 11.5 Å². The van der Waals surface area contributed by atoms with Crippen LogP contribution >= 0.6 is 0 Å². The zero-order valence-electron chi connectivity index (χ0n) is 13.7. The van der Waals surface area contributed by atoms with Gasteiger partial charge < -0.3 is 14.7 Å². The van der Waals surface area contributed by atoms with Crippen LogP contribution in [0.1, 0.15) is 24.6 Å². The highest BCUT2D eigenvalue weighted by molar-refractivity contribution is 5.95. The molecule has 1 fully saturated rings. The molecular weight excluding hydrogens is 308 g/mol. The quantitative estimate of drug-likeness (QED) is 0.827. The molecule has 1 aliphatic heterocycles. The molecule has 0 spiro atoms. The lowest BCUT2D eigenvalue weighted by Crippen LogP contribution is -2.34. The predicted molar refractivity (Wildman–Crippen MR) is 88.1 cm³/mol. The highest BCUT2D eigenvalue weighted by Gasteiger charge is 2.41. The second-order valence-electron chi connectivity index (χ2n) is 5.95. The first-order chi connectivity index (χ1) is 11.5. The fourth-order valence-corrected chi connectivity index (χ4v) is 2.83. The normalized spacial score (nSPS) is 21.1. The minimum absolute atomic E-state index is 0.122. The van der Waals surface area contributed by atoms with Crippen LogP contribution in [0.4, 0.5) is 0 Å². The van der Waals surface area contributed by atoms with Crippen LogP contribution in [0.25, 0.3) is 5.57 Å². The minimum Gasteiger partial charge on any atom is -0.497 e. The third-order valence-electron chi connectivity index (χ3n) is 4.34. The Morgan fingerprint density at radius 3 is 2.79 bits per heavy atom. The number of aromatic amines is 1. The number of ether oxygens (including phenoxy) is 1. The number of nitrogens with one attached hydrogen (secondary N) is 1. The van der Waals surface area contributed by atoms with Crippen LogP contribution < -0.4 is 4.74 Å². The van der Waals surface area contributed by atoms with Crippen LogP contribution in [0.5, 0.6) is 5.75 Å². The maximum atomic E-state index is 12.5. The van der Waals surface area contributed by atoms with Gasteiger partial charge in [-0.05, 0) is 30.2 Å². The Balaban J connectivity index is 1.70. The average Bonchev–Trinajstić information content (AvgIpc) is 3.25. The van der Waals surface area contributed by atoms with Gasteiger partial charge in [-0.3, -0.25) is 4.79 Å². The molecule has 1 atom stereocenters. The number of nitrogens with zero attached hydrogens (tertiary/aromatic N) is 3. The summed E-state index contributed by atoms with van der Waals surface area (Å²) in [5.41, 5.74) is 1.15. The molecule has 1 amide bonds. The van der Waals surface area contributed by atoms with Gasteiger partial charge >= 0.3 is 0 Å². The van der Waals surface area contributed by atoms with Crippen molar-refractivity contribution in [1.29, 1.82) is 0 Å². The van der Waals surface area contributed by atoms with Crippen molar-refractivity contribution in [2.75, 3.05) is 20.2 Å². The number of carbonyl (C=O) groups excluding carboxylic acids is 1. The summed E-state index contributed by atoms with van der Waals surface area (Å²) >= 11 is 0. The summed E-state index contributed by atoms with van der Waals surface area (Å²) in [7, 11) is 1.62. The molecule has 1 aliphatic rings. The molecule has 1 unspecified atom stereocenters. The van der Waals surface area contributed by atoms with E-state index in [1.165, 1.54) is 6.20 Å². The molecule has 1 saturated heterocycles. The fourth-order valence-electron chi connectivity index (χ4n) is 2.83. The predicted octanol–water partition coefficient (Wildman–Crippen LogP) is 1.34. The van der Waals surface area contributed by atoms with E-state index in [0.717, 1.165) is 16.9 Å². The lowest BCUT2D eigenvalue weighted by molar-refractivity contribution is -0.126. The molecule has 7 nitrogen and oxygen atoms in total. The van der Waals surface area contributed by atoms with Gasteiger partial charge in [0.05, 0.1) is 19.9 Å². The molecule has 7 heteroatoms. The Morgan fingerprint density at radius 2 is 2.17 bits per heavy atom. The van der Waals surface area contributed by atoms with Crippen molar-refractivity contribution in [3.63, 3.8) is 0 Å². The second kappa shape index (κ2) is 6.45. The van der Waals surface area contributed by atoms with Crippen LogP contribution in [0.15, 0.2) is 36.5 Å². The smallest absolute Gasteiger partial charge is 0.246 e. The van der Waals surface area contributed by atoms with Crippen LogP contribution in [0.3, 0.4) is 0 Å². The van der Waals surface area contributed by atoms with E-state index in [2.05, 4.69) is 15.4 Å². The molecule has 24 heavy (non-hydrogen) atoms. The van der Waals surface area contributed by atoms with Gasteiger partial charge in [0.2, 0.25) is 5.91 Å². The molecule has 0 aliphatic carbocycles. The summed E-state index contributed by atoms with van der Waals surface area (Å²) in [4.78, 5) is 14.1. The van der Waals surface area contributed by atoms with Gasteiger partial charge in [-0.25, -0.2) is 0 Å². The monoisotopic (exact) mass is 328 g/mol. The second-order valence-corrected chi connectivity index (χ2v) is 5.95. The number of hydrogen-bond donors (Lipinski definition) is 2. The molecule has 2 aromatic rings. The molecule has 3 rings (SSSR count). The number of H-pyrrole nitrogens is 1. The van der Waals surface area contributed by atoms with Gasteiger partial charge in [0.25, 0.3) is 0 Å². The minimum atomic E-state index is -1.13. The zero-order chi connectivity index (χ0) is 17.2. The maximum absolute atomic E-state index is 12.5. The van der Waals surface area contributed by atoms with E-state index < -0.39 is 5.60 Å². The Labute approximate surface area is 139 Å². The molecule has 2 N–H and O–H groups in total. The van der Waals surface area contributed by atoms with Crippen molar-refractivity contribution in [3.8, 4) is 5.75 Å². The Hall–Kier alpha value is -2.67. The van der Waals surface area contributed by atoms with Gasteiger partial charge in [0.15, 0.2) is 0 Å². The van der Waals surface area contributed by atoms with Crippen LogP contribution in [-0.2, 0) is 10.4 Å². The van der Waals surface area contributed by atoms with Crippen LogP contribution in [-0.4, -0.2) is 51.5 Å². The topological polar surface area (TPSA) is 91.3 Å². The summed E-state index contributed by atoms with van der Waals surface area (Å²) in [5.74, 6) is 0.651. The Morgan fingerprint density at radius 1 is 1.42 bits per heavy atom. The number of hydrogen-bond acceptors (Lipinski definition) is 5. The third-order valence-corrected chi connectivity index (χ3v) is 4.34. The number of β-amino-alcohol motifs (C(OH)–C–C–N with tert-alkyl or cyclic N) is 1. The number of aliphatic hydroxyl groups is 1. The first-order valence-corrected chi connectivity index (χ1v) is 7.72. The number of carbonyl (C=O) groups is 1.